The summed E-state index contributed by atoms with van der Waals surface area (Å²) in [6.45, 7) is 4.62. The zero-order chi connectivity index (χ0) is 16.4. The number of carbonyl (C=O) groups is 1. The number of rotatable bonds is 2. The number of aryl methyl sites for hydroxylation is 2. The predicted molar refractivity (Wildman–Crippen MR) is 86.2 cm³/mol. The number of likely N-dealkylation sites (tertiary alicyclic amines) is 1. The van der Waals surface area contributed by atoms with Gasteiger partial charge in [-0.15, -0.1) is 0 Å². The van der Waals surface area contributed by atoms with Crippen LogP contribution in [0.25, 0.3) is 0 Å². The standard InChI is InChI=1S/C17H22N4O2/c1-11-15(12(2)20-19-11)13-7-4-3-5-10-21(13)17(23)16-14(22)8-6-9-18-16/h6,8-9,13,22H,3-5,7,10H2,1-2H3,(H,19,20)/t13-/m0/s1. The van der Waals surface area contributed by atoms with Gasteiger partial charge in [0, 0.05) is 24.0 Å². The third-order valence-corrected chi connectivity index (χ3v) is 4.52. The van der Waals surface area contributed by atoms with Crippen LogP contribution >= 0.6 is 0 Å². The molecule has 0 spiro atoms. The van der Waals surface area contributed by atoms with E-state index in [0.29, 0.717) is 6.54 Å². The summed E-state index contributed by atoms with van der Waals surface area (Å²) in [7, 11) is 0. The van der Waals surface area contributed by atoms with Gasteiger partial charge in [0.1, 0.15) is 5.75 Å². The van der Waals surface area contributed by atoms with Gasteiger partial charge in [0.2, 0.25) is 0 Å². The van der Waals surface area contributed by atoms with E-state index in [0.717, 1.165) is 42.6 Å². The van der Waals surface area contributed by atoms with Crippen molar-refractivity contribution in [1.29, 1.82) is 0 Å². The number of nitrogens with one attached hydrogen (secondary N) is 1. The molecular weight excluding hydrogens is 292 g/mol. The van der Waals surface area contributed by atoms with Crippen molar-refractivity contribution in [3.8, 4) is 5.75 Å². The number of amides is 1. The molecule has 0 unspecified atom stereocenters. The van der Waals surface area contributed by atoms with E-state index in [-0.39, 0.29) is 23.4 Å². The predicted octanol–water partition coefficient (Wildman–Crippen LogP) is 2.88. The van der Waals surface area contributed by atoms with Gasteiger partial charge >= 0.3 is 0 Å². The summed E-state index contributed by atoms with van der Waals surface area (Å²) >= 11 is 0. The van der Waals surface area contributed by atoms with E-state index in [1.54, 1.807) is 6.07 Å². The second-order valence-electron chi connectivity index (χ2n) is 6.08. The van der Waals surface area contributed by atoms with Crippen LogP contribution in [0.3, 0.4) is 0 Å². The molecular formula is C17H22N4O2. The summed E-state index contributed by atoms with van der Waals surface area (Å²) in [5.74, 6) is -0.281. The largest absolute Gasteiger partial charge is 0.505 e. The number of pyridine rings is 1. The molecule has 122 valence electrons. The normalized spacial score (nSPS) is 18.7. The van der Waals surface area contributed by atoms with Crippen molar-refractivity contribution in [1.82, 2.24) is 20.1 Å². The van der Waals surface area contributed by atoms with Gasteiger partial charge in [0.15, 0.2) is 5.69 Å². The topological polar surface area (TPSA) is 82.1 Å². The molecule has 1 aliphatic heterocycles. The summed E-state index contributed by atoms with van der Waals surface area (Å²) in [6.07, 6.45) is 5.58. The van der Waals surface area contributed by atoms with E-state index in [1.807, 2.05) is 18.7 Å². The summed E-state index contributed by atoms with van der Waals surface area (Å²) in [6, 6.07) is 3.10. The van der Waals surface area contributed by atoms with Crippen LogP contribution in [0.15, 0.2) is 18.3 Å². The highest BCUT2D eigenvalue weighted by Crippen LogP contribution is 2.34. The highest BCUT2D eigenvalue weighted by Gasteiger charge is 2.32. The first kappa shape index (κ1) is 15.5. The molecule has 0 bridgehead atoms. The summed E-state index contributed by atoms with van der Waals surface area (Å²) in [4.78, 5) is 18.9. The molecule has 1 amide bonds. The minimum absolute atomic E-state index is 0.0230. The van der Waals surface area contributed by atoms with Crippen molar-refractivity contribution in [2.75, 3.05) is 6.54 Å². The maximum absolute atomic E-state index is 13.0. The molecule has 1 fully saturated rings. The fourth-order valence-corrected chi connectivity index (χ4v) is 3.40. The lowest BCUT2D eigenvalue weighted by Crippen LogP contribution is -2.35. The van der Waals surface area contributed by atoms with Crippen LogP contribution in [0.5, 0.6) is 5.75 Å². The first-order valence-electron chi connectivity index (χ1n) is 8.06. The third-order valence-electron chi connectivity index (χ3n) is 4.52. The van der Waals surface area contributed by atoms with Crippen molar-refractivity contribution in [3.05, 3.63) is 41.0 Å². The minimum Gasteiger partial charge on any atom is -0.505 e. The van der Waals surface area contributed by atoms with Gasteiger partial charge in [-0.25, -0.2) is 4.98 Å². The number of aromatic amines is 1. The Morgan fingerprint density at radius 3 is 2.87 bits per heavy atom. The molecule has 6 nitrogen and oxygen atoms in total. The molecule has 1 aliphatic rings. The zero-order valence-corrected chi connectivity index (χ0v) is 13.5. The molecule has 1 saturated heterocycles. The van der Waals surface area contributed by atoms with E-state index in [2.05, 4.69) is 15.2 Å². The molecule has 0 aliphatic carbocycles. The van der Waals surface area contributed by atoms with E-state index >= 15 is 0 Å². The molecule has 3 rings (SSSR count). The van der Waals surface area contributed by atoms with Crippen LogP contribution in [0.4, 0.5) is 0 Å². The second-order valence-corrected chi connectivity index (χ2v) is 6.08. The Labute approximate surface area is 135 Å². The minimum atomic E-state index is -0.213. The number of aromatic nitrogens is 3. The second kappa shape index (κ2) is 6.40. The van der Waals surface area contributed by atoms with Gasteiger partial charge in [-0.05, 0) is 38.8 Å². The SMILES string of the molecule is Cc1n[nH]c(C)c1[C@@H]1CCCCCN1C(=O)c1ncccc1O. The van der Waals surface area contributed by atoms with Crippen molar-refractivity contribution in [2.24, 2.45) is 0 Å². The average molecular weight is 314 g/mol. The number of aromatic hydroxyl groups is 1. The lowest BCUT2D eigenvalue weighted by Gasteiger charge is -2.30. The van der Waals surface area contributed by atoms with Crippen LogP contribution < -0.4 is 0 Å². The molecule has 2 aromatic rings. The Morgan fingerprint density at radius 2 is 2.17 bits per heavy atom. The number of carbonyl (C=O) groups excluding carboxylic acids is 1. The molecule has 3 heterocycles. The van der Waals surface area contributed by atoms with Crippen LogP contribution in [0, 0.1) is 13.8 Å². The van der Waals surface area contributed by atoms with E-state index < -0.39 is 0 Å². The van der Waals surface area contributed by atoms with Gasteiger partial charge in [-0.3, -0.25) is 9.89 Å². The Morgan fingerprint density at radius 1 is 1.35 bits per heavy atom. The highest BCUT2D eigenvalue weighted by molar-refractivity contribution is 5.95. The Hall–Kier alpha value is -2.37. The van der Waals surface area contributed by atoms with E-state index in [4.69, 9.17) is 0 Å². The molecule has 0 radical (unpaired) electrons. The van der Waals surface area contributed by atoms with Crippen molar-refractivity contribution < 1.29 is 9.90 Å². The van der Waals surface area contributed by atoms with Crippen LogP contribution in [0.1, 0.15) is 59.2 Å². The molecule has 0 aromatic carbocycles. The van der Waals surface area contributed by atoms with Gasteiger partial charge in [-0.2, -0.15) is 5.10 Å². The summed E-state index contributed by atoms with van der Waals surface area (Å²) < 4.78 is 0. The molecule has 23 heavy (non-hydrogen) atoms. The quantitative estimate of drug-likeness (QED) is 0.893. The van der Waals surface area contributed by atoms with Crippen LogP contribution in [-0.2, 0) is 0 Å². The Kier molecular flexibility index (Phi) is 4.32. The Bertz CT molecular complexity index is 691. The van der Waals surface area contributed by atoms with Gasteiger partial charge in [0.25, 0.3) is 5.91 Å². The first-order valence-corrected chi connectivity index (χ1v) is 8.06. The van der Waals surface area contributed by atoms with Crippen molar-refractivity contribution >= 4 is 5.91 Å². The maximum atomic E-state index is 13.0. The Balaban J connectivity index is 2.00. The average Bonchev–Trinajstić information content (AvgIpc) is 2.75. The zero-order valence-electron chi connectivity index (χ0n) is 13.5. The molecule has 1 atom stereocenters. The van der Waals surface area contributed by atoms with Crippen molar-refractivity contribution in [3.63, 3.8) is 0 Å². The number of nitrogens with zero attached hydrogens (tertiary/aromatic N) is 3. The highest BCUT2D eigenvalue weighted by atomic mass is 16.3. The lowest BCUT2D eigenvalue weighted by molar-refractivity contribution is 0.0670. The fraction of sp³-hybridized carbons (Fsp3) is 0.471. The number of hydrogen-bond donors (Lipinski definition) is 2. The fourth-order valence-electron chi connectivity index (χ4n) is 3.40. The summed E-state index contributed by atoms with van der Waals surface area (Å²) in [5.41, 5.74) is 3.14. The monoisotopic (exact) mass is 314 g/mol. The molecule has 0 saturated carbocycles. The number of hydrogen-bond acceptors (Lipinski definition) is 4. The van der Waals surface area contributed by atoms with Crippen LogP contribution in [-0.4, -0.2) is 37.6 Å². The van der Waals surface area contributed by atoms with Crippen molar-refractivity contribution in [2.45, 2.75) is 45.6 Å². The third kappa shape index (κ3) is 2.93. The summed E-state index contributed by atoms with van der Waals surface area (Å²) in [5, 5.41) is 17.3. The van der Waals surface area contributed by atoms with E-state index in [1.165, 1.54) is 12.3 Å². The van der Waals surface area contributed by atoms with Crippen LogP contribution in [0.2, 0.25) is 0 Å². The van der Waals surface area contributed by atoms with Gasteiger partial charge in [0.05, 0.1) is 11.7 Å². The van der Waals surface area contributed by atoms with E-state index in [9.17, 15) is 9.90 Å². The van der Waals surface area contributed by atoms with Gasteiger partial charge in [-0.1, -0.05) is 12.8 Å². The lowest BCUT2D eigenvalue weighted by atomic mass is 9.98. The maximum Gasteiger partial charge on any atom is 0.276 e. The van der Waals surface area contributed by atoms with Gasteiger partial charge < -0.3 is 10.0 Å². The molecule has 2 N–H and O–H groups in total. The molecule has 6 heteroatoms. The smallest absolute Gasteiger partial charge is 0.276 e. The number of H-pyrrole nitrogens is 1. The first-order chi connectivity index (χ1) is 11.1. The molecule has 2 aromatic heterocycles.